The van der Waals surface area contributed by atoms with Gasteiger partial charge in [-0.15, -0.1) is 0 Å². The number of anilines is 2. The Kier molecular flexibility index (Phi) is 5.88. The number of nitrogens with zero attached hydrogens (tertiary/aromatic N) is 3. The molecule has 0 unspecified atom stereocenters. The van der Waals surface area contributed by atoms with Crippen LogP contribution in [0.4, 0.5) is 11.5 Å². The lowest BCUT2D eigenvalue weighted by Crippen LogP contribution is -2.45. The van der Waals surface area contributed by atoms with Crippen LogP contribution in [0, 0.1) is 6.92 Å². The van der Waals surface area contributed by atoms with Crippen LogP contribution in [0.5, 0.6) is 0 Å². The highest BCUT2D eigenvalue weighted by Crippen LogP contribution is 2.36. The van der Waals surface area contributed by atoms with Crippen LogP contribution < -0.4 is 10.2 Å². The van der Waals surface area contributed by atoms with Crippen molar-refractivity contribution < 1.29 is 9.59 Å². The Morgan fingerprint density at radius 1 is 1.06 bits per heavy atom. The Bertz CT molecular complexity index is 1350. The first-order chi connectivity index (χ1) is 16.5. The molecular formula is C28H28N4O2. The third-order valence-electron chi connectivity index (χ3n) is 6.49. The molecule has 2 amide bonds. The van der Waals surface area contributed by atoms with Crippen LogP contribution in [0.2, 0.25) is 0 Å². The van der Waals surface area contributed by atoms with Gasteiger partial charge in [-0.05, 0) is 36.8 Å². The molecule has 1 aromatic heterocycles. The highest BCUT2D eigenvalue weighted by atomic mass is 16.2. The van der Waals surface area contributed by atoms with E-state index in [1.165, 1.54) is 0 Å². The zero-order chi connectivity index (χ0) is 23.7. The van der Waals surface area contributed by atoms with Crippen LogP contribution >= 0.6 is 0 Å². The van der Waals surface area contributed by atoms with Crippen LogP contribution in [0.3, 0.4) is 0 Å². The van der Waals surface area contributed by atoms with Gasteiger partial charge in [0.15, 0.2) is 5.82 Å². The summed E-state index contributed by atoms with van der Waals surface area (Å²) in [5.41, 5.74) is 3.02. The number of rotatable bonds is 6. The molecule has 1 aliphatic rings. The molecule has 1 saturated carbocycles. The van der Waals surface area contributed by atoms with Crippen molar-refractivity contribution in [3.63, 3.8) is 0 Å². The van der Waals surface area contributed by atoms with Crippen molar-refractivity contribution in [3.8, 4) is 0 Å². The first kappa shape index (κ1) is 21.9. The number of benzene rings is 3. The molecule has 6 nitrogen and oxygen atoms in total. The molecule has 0 atom stereocenters. The standard InChI is InChI=1S/C28H28N4O2/c1-19-7-5-8-21(13-19)14-28(34)30-23-15-24(16-23)31-17-27(29-18-31)32(20(2)33)26-12-6-10-22-9-3-4-11-25(22)26/h3-13,17-18,23-24H,14-16H2,1-2H3,(H,30,34). The number of amides is 2. The van der Waals surface area contributed by atoms with E-state index in [2.05, 4.69) is 14.9 Å². The van der Waals surface area contributed by atoms with Crippen molar-refractivity contribution in [2.24, 2.45) is 0 Å². The van der Waals surface area contributed by atoms with Crippen LogP contribution in [0.15, 0.2) is 79.3 Å². The fourth-order valence-corrected chi connectivity index (χ4v) is 4.73. The minimum absolute atomic E-state index is 0.0547. The first-order valence-electron chi connectivity index (χ1n) is 11.6. The number of imidazole rings is 1. The summed E-state index contributed by atoms with van der Waals surface area (Å²) >= 11 is 0. The third-order valence-corrected chi connectivity index (χ3v) is 6.49. The average molecular weight is 453 g/mol. The third kappa shape index (κ3) is 4.44. The predicted molar refractivity (Wildman–Crippen MR) is 134 cm³/mol. The Morgan fingerprint density at radius 2 is 1.82 bits per heavy atom. The van der Waals surface area contributed by atoms with Gasteiger partial charge in [0.25, 0.3) is 0 Å². The van der Waals surface area contributed by atoms with E-state index in [0.717, 1.165) is 40.4 Å². The van der Waals surface area contributed by atoms with Gasteiger partial charge in [0.2, 0.25) is 11.8 Å². The number of nitrogens with one attached hydrogen (secondary N) is 1. The molecule has 0 aliphatic heterocycles. The Balaban J connectivity index is 1.25. The van der Waals surface area contributed by atoms with Crippen molar-refractivity contribution in [3.05, 3.63) is 90.4 Å². The normalized spacial score (nSPS) is 17.2. The molecule has 0 bridgehead atoms. The number of aryl methyl sites for hydroxylation is 1. The molecule has 1 heterocycles. The largest absolute Gasteiger partial charge is 0.353 e. The van der Waals surface area contributed by atoms with Gasteiger partial charge in [-0.3, -0.25) is 14.5 Å². The summed E-state index contributed by atoms with van der Waals surface area (Å²) in [6, 6.07) is 22.4. The molecule has 5 rings (SSSR count). The molecule has 0 saturated heterocycles. The van der Waals surface area contributed by atoms with Crippen molar-refractivity contribution in [1.82, 2.24) is 14.9 Å². The van der Waals surface area contributed by atoms with Crippen LogP contribution in [-0.4, -0.2) is 27.4 Å². The maximum absolute atomic E-state index is 12.6. The number of hydrogen-bond acceptors (Lipinski definition) is 3. The molecule has 4 aromatic rings. The molecular weight excluding hydrogens is 424 g/mol. The van der Waals surface area contributed by atoms with Crippen molar-refractivity contribution in [1.29, 1.82) is 0 Å². The van der Waals surface area contributed by atoms with Gasteiger partial charge in [-0.1, -0.05) is 66.2 Å². The van der Waals surface area contributed by atoms with Gasteiger partial charge < -0.3 is 9.88 Å². The molecule has 3 aromatic carbocycles. The van der Waals surface area contributed by atoms with Gasteiger partial charge in [0.1, 0.15) is 0 Å². The second kappa shape index (κ2) is 9.14. The molecule has 1 N–H and O–H groups in total. The van der Waals surface area contributed by atoms with E-state index in [9.17, 15) is 9.59 Å². The summed E-state index contributed by atoms with van der Waals surface area (Å²) in [5.74, 6) is 0.575. The molecule has 0 radical (unpaired) electrons. The fraction of sp³-hybridized carbons (Fsp3) is 0.250. The molecule has 34 heavy (non-hydrogen) atoms. The lowest BCUT2D eigenvalue weighted by Gasteiger charge is -2.36. The number of carbonyl (C=O) groups is 2. The summed E-state index contributed by atoms with van der Waals surface area (Å²) in [7, 11) is 0. The number of carbonyl (C=O) groups excluding carboxylic acids is 2. The smallest absolute Gasteiger partial charge is 0.229 e. The van der Waals surface area contributed by atoms with E-state index in [-0.39, 0.29) is 23.9 Å². The first-order valence-corrected chi connectivity index (χ1v) is 11.6. The number of fused-ring (bicyclic) bond motifs is 1. The van der Waals surface area contributed by atoms with E-state index < -0.39 is 0 Å². The topological polar surface area (TPSA) is 67.2 Å². The van der Waals surface area contributed by atoms with Crippen molar-refractivity contribution in [2.45, 2.75) is 45.2 Å². The molecule has 6 heteroatoms. The molecule has 172 valence electrons. The van der Waals surface area contributed by atoms with E-state index in [4.69, 9.17) is 0 Å². The molecule has 1 aliphatic carbocycles. The van der Waals surface area contributed by atoms with E-state index in [1.54, 1.807) is 18.2 Å². The summed E-state index contributed by atoms with van der Waals surface area (Å²) in [6.07, 6.45) is 5.81. The predicted octanol–water partition coefficient (Wildman–Crippen LogP) is 5.09. The van der Waals surface area contributed by atoms with Gasteiger partial charge >= 0.3 is 0 Å². The zero-order valence-electron chi connectivity index (χ0n) is 19.4. The lowest BCUT2D eigenvalue weighted by molar-refractivity contribution is -0.122. The number of hydrogen-bond donors (Lipinski definition) is 1. The second-order valence-electron chi connectivity index (χ2n) is 9.09. The van der Waals surface area contributed by atoms with Gasteiger partial charge in [0.05, 0.1) is 18.4 Å². The van der Waals surface area contributed by atoms with Gasteiger partial charge in [-0.25, -0.2) is 4.98 Å². The lowest BCUT2D eigenvalue weighted by atomic mass is 9.86. The molecule has 1 fully saturated rings. The number of aromatic nitrogens is 2. The van der Waals surface area contributed by atoms with Gasteiger partial charge in [-0.2, -0.15) is 0 Å². The highest BCUT2D eigenvalue weighted by Gasteiger charge is 2.32. The van der Waals surface area contributed by atoms with Crippen LogP contribution in [-0.2, 0) is 16.0 Å². The quantitative estimate of drug-likeness (QED) is 0.443. The van der Waals surface area contributed by atoms with Gasteiger partial charge in [0, 0.05) is 30.6 Å². The Hall–Kier alpha value is -3.93. The van der Waals surface area contributed by atoms with Crippen molar-refractivity contribution >= 4 is 34.1 Å². The molecule has 0 spiro atoms. The Morgan fingerprint density at radius 3 is 2.62 bits per heavy atom. The second-order valence-corrected chi connectivity index (χ2v) is 9.09. The highest BCUT2D eigenvalue weighted by molar-refractivity contribution is 6.06. The summed E-state index contributed by atoms with van der Waals surface area (Å²) in [5, 5.41) is 5.23. The fourth-order valence-electron chi connectivity index (χ4n) is 4.73. The Labute approximate surface area is 199 Å². The van der Waals surface area contributed by atoms with Crippen LogP contribution in [0.25, 0.3) is 10.8 Å². The maximum atomic E-state index is 12.6. The van der Waals surface area contributed by atoms with E-state index in [0.29, 0.717) is 12.2 Å². The van der Waals surface area contributed by atoms with E-state index >= 15 is 0 Å². The summed E-state index contributed by atoms with van der Waals surface area (Å²) in [4.78, 5) is 31.3. The SMILES string of the molecule is CC(=O)N(c1cn(C2CC(NC(=O)Cc3cccc(C)c3)C2)cn1)c1cccc2ccccc12. The van der Waals surface area contributed by atoms with E-state index in [1.807, 2.05) is 79.9 Å². The van der Waals surface area contributed by atoms with Crippen molar-refractivity contribution in [2.75, 3.05) is 4.90 Å². The monoisotopic (exact) mass is 452 g/mol. The maximum Gasteiger partial charge on any atom is 0.229 e. The minimum Gasteiger partial charge on any atom is -0.353 e. The van der Waals surface area contributed by atoms with Crippen LogP contribution in [0.1, 0.15) is 36.9 Å². The summed E-state index contributed by atoms with van der Waals surface area (Å²) < 4.78 is 2.06. The minimum atomic E-state index is -0.0866. The summed E-state index contributed by atoms with van der Waals surface area (Å²) in [6.45, 7) is 3.59. The zero-order valence-corrected chi connectivity index (χ0v) is 19.4. The average Bonchev–Trinajstić information content (AvgIpc) is 3.25.